The summed E-state index contributed by atoms with van der Waals surface area (Å²) >= 11 is 0. The molecular weight excluding hydrogens is 389 g/mol. The van der Waals surface area contributed by atoms with Gasteiger partial charge in [-0.1, -0.05) is 30.3 Å². The lowest BCUT2D eigenvalue weighted by molar-refractivity contribution is 0.381. The maximum Gasteiger partial charge on any atom is 0.200 e. The average Bonchev–Trinajstić information content (AvgIpc) is 2.76. The molecule has 7 heteroatoms. The highest BCUT2D eigenvalue weighted by atomic mass is 19.2. The smallest absolute Gasteiger partial charge is 0.200 e. The Hall–Kier alpha value is -3.48. The molecule has 0 atom stereocenters. The van der Waals surface area contributed by atoms with Crippen molar-refractivity contribution in [2.75, 3.05) is 7.11 Å². The van der Waals surface area contributed by atoms with E-state index in [4.69, 9.17) is 4.74 Å². The second kappa shape index (κ2) is 7.16. The first-order valence-electron chi connectivity index (χ1n) is 8.48. The van der Waals surface area contributed by atoms with Crippen LogP contribution in [0.3, 0.4) is 0 Å². The second-order valence-electron chi connectivity index (χ2n) is 6.25. The van der Waals surface area contributed by atoms with Crippen LogP contribution in [0.1, 0.15) is 0 Å². The minimum atomic E-state index is -2.21. The third-order valence-electron chi connectivity index (χ3n) is 4.57. The summed E-state index contributed by atoms with van der Waals surface area (Å²) in [5.74, 6) is -9.58. The van der Waals surface area contributed by atoms with Crippen molar-refractivity contribution in [1.82, 2.24) is 4.98 Å². The molecule has 0 amide bonds. The molecule has 0 aliphatic rings. The van der Waals surface area contributed by atoms with Crippen LogP contribution in [0.2, 0.25) is 0 Å². The van der Waals surface area contributed by atoms with Gasteiger partial charge in [0.15, 0.2) is 23.3 Å². The Morgan fingerprint density at radius 3 is 1.97 bits per heavy atom. The summed E-state index contributed by atoms with van der Waals surface area (Å²) in [6, 6.07) is 15.0. The van der Waals surface area contributed by atoms with Crippen LogP contribution in [0, 0.1) is 29.1 Å². The molecule has 0 saturated carbocycles. The van der Waals surface area contributed by atoms with Gasteiger partial charge in [-0.05, 0) is 35.4 Å². The standard InChI is InChI=1S/C22H12F5NO/c1-29-12-7-8-15-14(9-12)13(11-5-3-2-4-6-11)10-16(28-15)17-18(23)20(25)22(27)21(26)19(17)24/h2-10H,1H3. The van der Waals surface area contributed by atoms with Gasteiger partial charge in [-0.3, -0.25) is 0 Å². The largest absolute Gasteiger partial charge is 0.497 e. The van der Waals surface area contributed by atoms with Crippen LogP contribution in [0.5, 0.6) is 5.75 Å². The number of benzene rings is 3. The first-order valence-corrected chi connectivity index (χ1v) is 8.48. The van der Waals surface area contributed by atoms with Crippen LogP contribution in [-0.4, -0.2) is 12.1 Å². The first kappa shape index (κ1) is 18.9. The van der Waals surface area contributed by atoms with Crippen molar-refractivity contribution < 1.29 is 26.7 Å². The van der Waals surface area contributed by atoms with Crippen LogP contribution in [0.25, 0.3) is 33.3 Å². The molecule has 4 rings (SSSR count). The Morgan fingerprint density at radius 1 is 0.724 bits per heavy atom. The zero-order valence-corrected chi connectivity index (χ0v) is 14.9. The number of ether oxygens (including phenoxy) is 1. The molecule has 0 radical (unpaired) electrons. The van der Waals surface area contributed by atoms with Crippen molar-refractivity contribution in [2.24, 2.45) is 0 Å². The van der Waals surface area contributed by atoms with Gasteiger partial charge in [0.1, 0.15) is 5.75 Å². The molecular formula is C22H12F5NO. The van der Waals surface area contributed by atoms with E-state index in [0.29, 0.717) is 27.8 Å². The number of hydrogen-bond donors (Lipinski definition) is 0. The monoisotopic (exact) mass is 401 g/mol. The third kappa shape index (κ3) is 3.08. The minimum Gasteiger partial charge on any atom is -0.497 e. The van der Waals surface area contributed by atoms with Crippen LogP contribution < -0.4 is 4.74 Å². The molecule has 146 valence electrons. The predicted molar refractivity (Wildman–Crippen MR) is 99.0 cm³/mol. The van der Waals surface area contributed by atoms with Crippen molar-refractivity contribution >= 4 is 10.9 Å². The maximum atomic E-state index is 14.4. The summed E-state index contributed by atoms with van der Waals surface area (Å²) in [7, 11) is 1.49. The summed E-state index contributed by atoms with van der Waals surface area (Å²) in [4.78, 5) is 4.15. The van der Waals surface area contributed by atoms with Gasteiger partial charge in [0.25, 0.3) is 0 Å². The summed E-state index contributed by atoms with van der Waals surface area (Å²) in [5, 5.41) is 0.600. The van der Waals surface area contributed by atoms with E-state index < -0.39 is 34.6 Å². The third-order valence-corrected chi connectivity index (χ3v) is 4.57. The van der Waals surface area contributed by atoms with Crippen molar-refractivity contribution in [3.63, 3.8) is 0 Å². The van der Waals surface area contributed by atoms with E-state index in [2.05, 4.69) is 4.98 Å². The molecule has 0 aliphatic heterocycles. The molecule has 2 nitrogen and oxygen atoms in total. The van der Waals surface area contributed by atoms with E-state index in [1.807, 2.05) is 0 Å². The second-order valence-corrected chi connectivity index (χ2v) is 6.25. The average molecular weight is 401 g/mol. The van der Waals surface area contributed by atoms with E-state index in [9.17, 15) is 22.0 Å². The van der Waals surface area contributed by atoms with Crippen LogP contribution in [-0.2, 0) is 0 Å². The zero-order valence-electron chi connectivity index (χ0n) is 14.9. The van der Waals surface area contributed by atoms with Crippen molar-refractivity contribution in [2.45, 2.75) is 0 Å². The molecule has 1 heterocycles. The quantitative estimate of drug-likeness (QED) is 0.229. The summed E-state index contributed by atoms with van der Waals surface area (Å²) in [6.07, 6.45) is 0. The van der Waals surface area contributed by atoms with Crippen LogP contribution >= 0.6 is 0 Å². The number of nitrogens with zero attached hydrogens (tertiary/aromatic N) is 1. The van der Waals surface area contributed by atoms with Crippen LogP contribution in [0.4, 0.5) is 22.0 Å². The molecule has 0 unspecified atom stereocenters. The lowest BCUT2D eigenvalue weighted by atomic mass is 9.97. The lowest BCUT2D eigenvalue weighted by Crippen LogP contribution is -2.05. The molecule has 0 N–H and O–H groups in total. The number of halogens is 5. The highest BCUT2D eigenvalue weighted by Crippen LogP contribution is 2.37. The topological polar surface area (TPSA) is 22.1 Å². The molecule has 4 aromatic rings. The van der Waals surface area contributed by atoms with Crippen LogP contribution in [0.15, 0.2) is 54.6 Å². The fourth-order valence-electron chi connectivity index (χ4n) is 3.15. The summed E-state index contributed by atoms with van der Waals surface area (Å²) in [5.41, 5.74) is 0.0587. The highest BCUT2D eigenvalue weighted by Gasteiger charge is 2.28. The van der Waals surface area contributed by atoms with E-state index in [1.165, 1.54) is 13.2 Å². The molecule has 0 fully saturated rings. The summed E-state index contributed by atoms with van der Waals surface area (Å²) < 4.78 is 74.8. The molecule has 3 aromatic carbocycles. The number of fused-ring (bicyclic) bond motifs is 1. The predicted octanol–water partition coefficient (Wildman–Crippen LogP) is 6.27. The van der Waals surface area contributed by atoms with E-state index in [0.717, 1.165) is 0 Å². The molecule has 0 saturated heterocycles. The SMILES string of the molecule is COc1ccc2nc(-c3c(F)c(F)c(F)c(F)c3F)cc(-c3ccccc3)c2c1. The Kier molecular flexibility index (Phi) is 4.66. The van der Waals surface area contributed by atoms with Crippen molar-refractivity contribution in [3.8, 4) is 28.1 Å². The molecule has 29 heavy (non-hydrogen) atoms. The van der Waals surface area contributed by atoms with Gasteiger partial charge in [0.2, 0.25) is 5.82 Å². The highest BCUT2D eigenvalue weighted by molar-refractivity contribution is 5.97. The van der Waals surface area contributed by atoms with E-state index in [-0.39, 0.29) is 5.69 Å². The van der Waals surface area contributed by atoms with Crippen molar-refractivity contribution in [1.29, 1.82) is 0 Å². The van der Waals surface area contributed by atoms with Gasteiger partial charge < -0.3 is 4.74 Å². The number of pyridine rings is 1. The van der Waals surface area contributed by atoms with Gasteiger partial charge in [-0.2, -0.15) is 0 Å². The van der Waals surface area contributed by atoms with E-state index >= 15 is 0 Å². The first-order chi connectivity index (χ1) is 13.9. The van der Waals surface area contributed by atoms with Gasteiger partial charge in [0, 0.05) is 5.39 Å². The lowest BCUT2D eigenvalue weighted by Gasteiger charge is -2.13. The van der Waals surface area contributed by atoms with Gasteiger partial charge >= 0.3 is 0 Å². The molecule has 1 aromatic heterocycles. The number of hydrogen-bond acceptors (Lipinski definition) is 2. The van der Waals surface area contributed by atoms with Gasteiger partial charge in [-0.25, -0.2) is 26.9 Å². The minimum absolute atomic E-state index is 0.311. The maximum absolute atomic E-state index is 14.4. The Balaban J connectivity index is 2.09. The van der Waals surface area contributed by atoms with E-state index in [1.54, 1.807) is 48.5 Å². The fourth-order valence-corrected chi connectivity index (χ4v) is 3.15. The Morgan fingerprint density at radius 2 is 1.34 bits per heavy atom. The number of methoxy groups -OCH3 is 1. The Labute approximate surface area is 162 Å². The summed E-state index contributed by atoms with van der Waals surface area (Å²) in [6.45, 7) is 0. The Bertz CT molecular complexity index is 1210. The fraction of sp³-hybridized carbons (Fsp3) is 0.0455. The molecule has 0 aliphatic carbocycles. The molecule has 0 spiro atoms. The van der Waals surface area contributed by atoms with Crippen molar-refractivity contribution in [3.05, 3.63) is 83.7 Å². The zero-order chi connectivity index (χ0) is 20.7. The van der Waals surface area contributed by atoms with Gasteiger partial charge in [-0.15, -0.1) is 0 Å². The number of rotatable bonds is 3. The molecule has 0 bridgehead atoms. The normalized spacial score (nSPS) is 11.1. The van der Waals surface area contributed by atoms with Gasteiger partial charge in [0.05, 0.1) is 23.9 Å². The number of aromatic nitrogens is 1.